The van der Waals surface area contributed by atoms with Crippen LogP contribution in [0.15, 0.2) is 23.1 Å². The van der Waals surface area contributed by atoms with Crippen LogP contribution in [0.1, 0.15) is 41.0 Å². The van der Waals surface area contributed by atoms with Gasteiger partial charge in [-0.3, -0.25) is 4.79 Å². The Labute approximate surface area is 155 Å². The first kappa shape index (κ1) is 21.4. The van der Waals surface area contributed by atoms with E-state index in [4.69, 9.17) is 23.2 Å². The minimum absolute atomic E-state index is 0.0439. The molecule has 24 heavy (non-hydrogen) atoms. The number of benzene rings is 1. The fraction of sp³-hybridized carbons (Fsp3) is 0.588. The fourth-order valence-corrected chi connectivity index (χ4v) is 3.67. The predicted molar refractivity (Wildman–Crippen MR) is 99.1 cm³/mol. The number of Topliss-reactive ketones (excluding diaryl/α,β-unsaturated/α-hetero) is 1. The number of carbonyl (C=O) groups is 1. The molecule has 1 aromatic rings. The second-order valence-corrected chi connectivity index (χ2v) is 10.0. The monoisotopic (exact) mass is 393 g/mol. The van der Waals surface area contributed by atoms with E-state index in [0.717, 1.165) is 0 Å². The molecule has 7 heteroatoms. The molecule has 0 aliphatic carbocycles. The van der Waals surface area contributed by atoms with E-state index in [1.807, 2.05) is 13.8 Å². The third-order valence-corrected chi connectivity index (χ3v) is 6.22. The highest BCUT2D eigenvalue weighted by Crippen LogP contribution is 2.27. The van der Waals surface area contributed by atoms with E-state index in [-0.39, 0.29) is 33.8 Å². The second kappa shape index (κ2) is 8.17. The Morgan fingerprint density at radius 1 is 1.17 bits per heavy atom. The zero-order valence-corrected chi connectivity index (χ0v) is 17.1. The molecule has 0 fully saturated rings. The maximum atomic E-state index is 12.9. The SMILES string of the molecule is CC(C)CCN(CC(=O)C(C)(C)C)S(=O)(=O)c1ccc(Cl)c(Cl)c1. The highest BCUT2D eigenvalue weighted by atomic mass is 35.5. The number of hydrogen-bond donors (Lipinski definition) is 0. The van der Waals surface area contributed by atoms with Gasteiger partial charge in [-0.05, 0) is 30.5 Å². The minimum atomic E-state index is -3.82. The second-order valence-electron chi connectivity index (χ2n) is 7.27. The summed E-state index contributed by atoms with van der Waals surface area (Å²) in [5.41, 5.74) is -0.608. The molecule has 0 aliphatic heterocycles. The Kier molecular flexibility index (Phi) is 7.29. The van der Waals surface area contributed by atoms with E-state index in [1.54, 1.807) is 20.8 Å². The summed E-state index contributed by atoms with van der Waals surface area (Å²) in [5.74, 6) is 0.191. The lowest BCUT2D eigenvalue weighted by atomic mass is 9.91. The van der Waals surface area contributed by atoms with Gasteiger partial charge in [-0.1, -0.05) is 57.8 Å². The molecule has 136 valence electrons. The molecule has 0 aliphatic rings. The standard InChI is InChI=1S/C17H25Cl2NO3S/c1-12(2)8-9-20(11-16(21)17(3,4)5)24(22,23)13-6-7-14(18)15(19)10-13/h6-7,10,12H,8-9,11H2,1-5H3. The van der Waals surface area contributed by atoms with Crippen molar-refractivity contribution in [3.63, 3.8) is 0 Å². The molecule has 1 aromatic carbocycles. The zero-order valence-electron chi connectivity index (χ0n) is 14.8. The lowest BCUT2D eigenvalue weighted by Crippen LogP contribution is -2.40. The molecule has 4 nitrogen and oxygen atoms in total. The lowest BCUT2D eigenvalue weighted by molar-refractivity contribution is -0.126. The van der Waals surface area contributed by atoms with Crippen LogP contribution in [0.2, 0.25) is 10.0 Å². The summed E-state index contributed by atoms with van der Waals surface area (Å²) in [5, 5.41) is 0.457. The van der Waals surface area contributed by atoms with Gasteiger partial charge < -0.3 is 0 Å². The summed E-state index contributed by atoms with van der Waals surface area (Å²) in [4.78, 5) is 12.4. The van der Waals surface area contributed by atoms with Crippen molar-refractivity contribution in [2.45, 2.75) is 45.9 Å². The molecule has 0 N–H and O–H groups in total. The molecule has 0 unspecified atom stereocenters. The number of halogens is 2. The van der Waals surface area contributed by atoms with Crippen molar-refractivity contribution >= 4 is 39.0 Å². The molecule has 0 radical (unpaired) electrons. The van der Waals surface area contributed by atoms with Gasteiger partial charge in [0.25, 0.3) is 0 Å². The van der Waals surface area contributed by atoms with Gasteiger partial charge in [0, 0.05) is 12.0 Å². The van der Waals surface area contributed by atoms with Gasteiger partial charge in [-0.2, -0.15) is 4.31 Å². The van der Waals surface area contributed by atoms with Crippen LogP contribution in [0, 0.1) is 11.3 Å². The van der Waals surface area contributed by atoms with Crippen molar-refractivity contribution in [2.24, 2.45) is 11.3 Å². The maximum Gasteiger partial charge on any atom is 0.243 e. The molecular formula is C17H25Cl2NO3S. The fourth-order valence-electron chi connectivity index (χ4n) is 1.87. The van der Waals surface area contributed by atoms with Gasteiger partial charge in [-0.25, -0.2) is 8.42 Å². The molecule has 0 spiro atoms. The molecule has 0 aromatic heterocycles. The number of sulfonamides is 1. The van der Waals surface area contributed by atoms with Crippen LogP contribution in [0.5, 0.6) is 0 Å². The highest BCUT2D eigenvalue weighted by Gasteiger charge is 2.31. The van der Waals surface area contributed by atoms with Gasteiger partial charge in [-0.15, -0.1) is 0 Å². The van der Waals surface area contributed by atoms with E-state index in [9.17, 15) is 13.2 Å². The average molecular weight is 394 g/mol. The molecule has 0 heterocycles. The molecule has 0 saturated heterocycles. The average Bonchev–Trinajstić information content (AvgIpc) is 2.44. The Bertz CT molecular complexity index is 694. The van der Waals surface area contributed by atoms with E-state index in [0.29, 0.717) is 12.3 Å². The van der Waals surface area contributed by atoms with Crippen LogP contribution >= 0.6 is 23.2 Å². The van der Waals surface area contributed by atoms with Crippen molar-refractivity contribution in [1.29, 1.82) is 0 Å². The normalized spacial score (nSPS) is 12.9. The van der Waals surface area contributed by atoms with Gasteiger partial charge >= 0.3 is 0 Å². The van der Waals surface area contributed by atoms with E-state index in [1.165, 1.54) is 22.5 Å². The van der Waals surface area contributed by atoms with Crippen molar-refractivity contribution in [3.8, 4) is 0 Å². The number of rotatable bonds is 7. The summed E-state index contributed by atoms with van der Waals surface area (Å²) < 4.78 is 27.1. The molecule has 0 atom stereocenters. The van der Waals surface area contributed by atoms with Gasteiger partial charge in [0.1, 0.15) is 0 Å². The maximum absolute atomic E-state index is 12.9. The van der Waals surface area contributed by atoms with Gasteiger partial charge in [0.05, 0.1) is 21.5 Å². The largest absolute Gasteiger partial charge is 0.298 e. The van der Waals surface area contributed by atoms with Crippen LogP contribution in [-0.2, 0) is 14.8 Å². The highest BCUT2D eigenvalue weighted by molar-refractivity contribution is 7.89. The first-order chi connectivity index (χ1) is 10.9. The summed E-state index contributed by atoms with van der Waals surface area (Å²) in [6.45, 7) is 9.48. The number of ketones is 1. The lowest BCUT2D eigenvalue weighted by Gasteiger charge is -2.26. The summed E-state index contributed by atoms with van der Waals surface area (Å²) in [7, 11) is -3.82. The predicted octanol–water partition coefficient (Wildman–Crippen LogP) is 4.65. The van der Waals surface area contributed by atoms with Crippen LogP contribution in [0.25, 0.3) is 0 Å². The van der Waals surface area contributed by atoms with Crippen LogP contribution in [0.3, 0.4) is 0 Å². The third-order valence-electron chi connectivity index (χ3n) is 3.64. The van der Waals surface area contributed by atoms with Crippen molar-refractivity contribution in [3.05, 3.63) is 28.2 Å². The first-order valence-corrected chi connectivity index (χ1v) is 10.0. The quantitative estimate of drug-likeness (QED) is 0.677. The van der Waals surface area contributed by atoms with Crippen molar-refractivity contribution in [2.75, 3.05) is 13.1 Å². The minimum Gasteiger partial charge on any atom is -0.298 e. The summed E-state index contributed by atoms with van der Waals surface area (Å²) >= 11 is 11.8. The molecule has 0 amide bonds. The van der Waals surface area contributed by atoms with Gasteiger partial charge in [0.15, 0.2) is 5.78 Å². The van der Waals surface area contributed by atoms with E-state index < -0.39 is 15.4 Å². The van der Waals surface area contributed by atoms with Gasteiger partial charge in [0.2, 0.25) is 10.0 Å². The first-order valence-electron chi connectivity index (χ1n) is 7.84. The zero-order chi connectivity index (χ0) is 18.7. The van der Waals surface area contributed by atoms with E-state index in [2.05, 4.69) is 0 Å². The molecule has 0 bridgehead atoms. The Hall–Kier alpha value is -0.620. The molecular weight excluding hydrogens is 369 g/mol. The Morgan fingerprint density at radius 3 is 2.21 bits per heavy atom. The van der Waals surface area contributed by atoms with Crippen molar-refractivity contribution in [1.82, 2.24) is 4.31 Å². The number of carbonyl (C=O) groups excluding carboxylic acids is 1. The molecule has 1 rings (SSSR count). The van der Waals surface area contributed by atoms with Crippen LogP contribution in [0.4, 0.5) is 0 Å². The number of nitrogens with zero attached hydrogens (tertiary/aromatic N) is 1. The van der Waals surface area contributed by atoms with Crippen LogP contribution in [-0.4, -0.2) is 31.6 Å². The third kappa shape index (κ3) is 5.73. The molecule has 0 saturated carbocycles. The smallest absolute Gasteiger partial charge is 0.243 e. The summed E-state index contributed by atoms with van der Waals surface area (Å²) in [6.07, 6.45) is 0.665. The van der Waals surface area contributed by atoms with Crippen molar-refractivity contribution < 1.29 is 13.2 Å². The Morgan fingerprint density at radius 2 is 1.75 bits per heavy atom. The Balaban J connectivity index is 3.19. The van der Waals surface area contributed by atoms with Crippen LogP contribution < -0.4 is 0 Å². The summed E-state index contributed by atoms with van der Waals surface area (Å²) in [6, 6.07) is 4.18. The van der Waals surface area contributed by atoms with E-state index >= 15 is 0 Å². The topological polar surface area (TPSA) is 54.5 Å². The number of hydrogen-bond acceptors (Lipinski definition) is 3.